The monoisotopic (exact) mass is 641 g/mol. The molecule has 5 atom stereocenters. The van der Waals surface area contributed by atoms with E-state index in [1.54, 1.807) is 6.92 Å². The predicted octanol–water partition coefficient (Wildman–Crippen LogP) is 6.67. The number of ether oxygens (including phenoxy) is 3. The van der Waals surface area contributed by atoms with Gasteiger partial charge in [0.15, 0.2) is 0 Å². The minimum Gasteiger partial charge on any atom is -0.507 e. The molecule has 44 heavy (non-hydrogen) atoms. The molecule has 2 aliphatic heterocycles. The molecule has 0 aromatic heterocycles. The Kier molecular flexibility index (Phi) is 11.4. The first kappa shape index (κ1) is 33.8. The van der Waals surface area contributed by atoms with E-state index in [4.69, 9.17) is 26.4 Å². The number of β-lactam (4-membered cyclic amide) rings is 1. The normalized spacial score (nSPS) is 23.3. The summed E-state index contributed by atoms with van der Waals surface area (Å²) in [6.45, 7) is 15.4. The molecule has 10 heteroatoms. The highest BCUT2D eigenvalue weighted by Crippen LogP contribution is 2.51. The van der Waals surface area contributed by atoms with E-state index < -0.39 is 23.4 Å². The Hall–Kier alpha value is -3.08. The van der Waals surface area contributed by atoms with Crippen LogP contribution in [-0.4, -0.2) is 56.9 Å². The average molecular weight is 642 g/mol. The second-order valence-electron chi connectivity index (χ2n) is 11.8. The molecule has 0 bridgehead atoms. The van der Waals surface area contributed by atoms with Crippen LogP contribution in [0.15, 0.2) is 59.2 Å². The zero-order valence-corrected chi connectivity index (χ0v) is 27.6. The van der Waals surface area contributed by atoms with E-state index in [9.17, 15) is 19.8 Å². The fourth-order valence-electron chi connectivity index (χ4n) is 6.11. The standard InChI is InChI=1S/C34H43NO7S2/c1-7-9-10-11-22-16-25(37)29(24-15-20(5)12-13-23(24)19(3)4)26(17-22)42-34(43)41-18-27-30(33(39)40-14-8-2)35-31(38)28(21(6)36)32(35)44-27/h8,15-17,21,23-24,28,32,36-37H,2-3,7,9-14,18H2,1,4-6H3/t21-,23+,24-,28+,32-/m1/s1. The molecule has 1 aromatic rings. The van der Waals surface area contributed by atoms with Crippen molar-refractivity contribution in [3.63, 3.8) is 0 Å². The van der Waals surface area contributed by atoms with Crippen LogP contribution in [0.25, 0.3) is 0 Å². The summed E-state index contributed by atoms with van der Waals surface area (Å²) >= 11 is 6.79. The predicted molar refractivity (Wildman–Crippen MR) is 176 cm³/mol. The van der Waals surface area contributed by atoms with Gasteiger partial charge in [0.05, 0.1) is 16.9 Å². The number of esters is 1. The molecule has 238 valence electrons. The molecule has 0 spiro atoms. The Bertz CT molecular complexity index is 1380. The number of carbonyl (C=O) groups is 2. The molecule has 1 amide bonds. The van der Waals surface area contributed by atoms with Crippen LogP contribution in [0, 0.1) is 11.8 Å². The number of carbonyl (C=O) groups excluding carboxylic acids is 2. The van der Waals surface area contributed by atoms with Crippen LogP contribution in [0.4, 0.5) is 0 Å². The number of unbranched alkanes of at least 4 members (excludes halogenated alkanes) is 2. The molecule has 2 N–H and O–H groups in total. The number of phenols is 1. The largest absolute Gasteiger partial charge is 0.507 e. The quantitative estimate of drug-likeness (QED) is 0.0803. The number of aromatic hydroxyl groups is 1. The van der Waals surface area contributed by atoms with Gasteiger partial charge in [0.2, 0.25) is 5.91 Å². The Morgan fingerprint density at radius 3 is 2.70 bits per heavy atom. The number of phenolic OH excluding ortho intramolecular Hbond substituents is 1. The number of hydrogen-bond donors (Lipinski definition) is 2. The minimum atomic E-state index is -0.873. The van der Waals surface area contributed by atoms with Crippen molar-refractivity contribution in [2.45, 2.75) is 83.6 Å². The summed E-state index contributed by atoms with van der Waals surface area (Å²) in [5.41, 5.74) is 3.93. The molecule has 1 aromatic carbocycles. The lowest BCUT2D eigenvalue weighted by Gasteiger charge is -2.43. The van der Waals surface area contributed by atoms with Crippen molar-refractivity contribution in [3.05, 3.63) is 70.3 Å². The van der Waals surface area contributed by atoms with Crippen molar-refractivity contribution in [2.24, 2.45) is 11.8 Å². The van der Waals surface area contributed by atoms with Gasteiger partial charge < -0.3 is 24.4 Å². The van der Waals surface area contributed by atoms with E-state index in [1.165, 1.54) is 28.3 Å². The van der Waals surface area contributed by atoms with Crippen LogP contribution in [0.1, 0.15) is 76.8 Å². The van der Waals surface area contributed by atoms with Gasteiger partial charge in [0.25, 0.3) is 0 Å². The van der Waals surface area contributed by atoms with Crippen molar-refractivity contribution in [1.82, 2.24) is 4.90 Å². The number of aliphatic hydroxyl groups is 1. The molecule has 2 heterocycles. The number of benzene rings is 1. The maximum atomic E-state index is 12.9. The lowest BCUT2D eigenvalue weighted by Crippen LogP contribution is -2.60. The van der Waals surface area contributed by atoms with E-state index in [0.29, 0.717) is 16.2 Å². The van der Waals surface area contributed by atoms with Crippen LogP contribution < -0.4 is 4.74 Å². The molecule has 1 saturated heterocycles. The Morgan fingerprint density at radius 1 is 1.30 bits per heavy atom. The molecule has 3 aliphatic rings. The lowest BCUT2D eigenvalue weighted by molar-refractivity contribution is -0.158. The Labute approximate surface area is 269 Å². The number of hydrogen-bond acceptors (Lipinski definition) is 9. The van der Waals surface area contributed by atoms with Crippen molar-refractivity contribution in [2.75, 3.05) is 13.2 Å². The zero-order valence-electron chi connectivity index (χ0n) is 26.0. The molecule has 1 fully saturated rings. The fourth-order valence-corrected chi connectivity index (χ4v) is 7.77. The van der Waals surface area contributed by atoms with Crippen LogP contribution in [-0.2, 0) is 25.5 Å². The van der Waals surface area contributed by atoms with Gasteiger partial charge in [-0.25, -0.2) is 4.79 Å². The maximum Gasteiger partial charge on any atom is 0.358 e. The van der Waals surface area contributed by atoms with E-state index in [1.807, 2.05) is 19.1 Å². The molecule has 0 saturated carbocycles. The number of aryl methyl sites for hydroxylation is 1. The van der Waals surface area contributed by atoms with Gasteiger partial charge in [0, 0.05) is 23.7 Å². The van der Waals surface area contributed by atoms with Crippen molar-refractivity contribution in [3.8, 4) is 11.5 Å². The van der Waals surface area contributed by atoms with Gasteiger partial charge in [-0.05, 0) is 70.1 Å². The maximum absolute atomic E-state index is 12.9. The first-order chi connectivity index (χ1) is 21.0. The van der Waals surface area contributed by atoms with E-state index in [-0.39, 0.29) is 47.6 Å². The van der Waals surface area contributed by atoms with Gasteiger partial charge in [-0.3, -0.25) is 9.69 Å². The second-order valence-corrected chi connectivity index (χ2v) is 13.3. The van der Waals surface area contributed by atoms with Gasteiger partial charge in [-0.15, -0.1) is 0 Å². The average Bonchev–Trinajstić information content (AvgIpc) is 3.28. The highest BCUT2D eigenvalue weighted by molar-refractivity contribution is 8.04. The van der Waals surface area contributed by atoms with E-state index in [2.05, 4.69) is 33.1 Å². The molecule has 1 aliphatic carbocycles. The molecular weight excluding hydrogens is 599 g/mol. The summed E-state index contributed by atoms with van der Waals surface area (Å²) in [4.78, 5) is 27.5. The molecule has 0 radical (unpaired) electrons. The van der Waals surface area contributed by atoms with E-state index in [0.717, 1.165) is 49.7 Å². The third-order valence-electron chi connectivity index (χ3n) is 8.37. The van der Waals surface area contributed by atoms with Gasteiger partial charge in [-0.2, -0.15) is 0 Å². The van der Waals surface area contributed by atoms with Crippen molar-refractivity contribution >= 4 is 41.1 Å². The summed E-state index contributed by atoms with van der Waals surface area (Å²) in [5, 5.41) is 20.9. The summed E-state index contributed by atoms with van der Waals surface area (Å²) in [6.07, 6.45) is 8.53. The lowest BCUT2D eigenvalue weighted by atomic mass is 9.73. The summed E-state index contributed by atoms with van der Waals surface area (Å²) < 4.78 is 17.3. The zero-order chi connectivity index (χ0) is 32.1. The smallest absolute Gasteiger partial charge is 0.358 e. The first-order valence-corrected chi connectivity index (χ1v) is 16.5. The summed E-state index contributed by atoms with van der Waals surface area (Å²) in [7, 11) is 0. The van der Waals surface area contributed by atoms with Crippen LogP contribution >= 0.6 is 24.0 Å². The van der Waals surface area contributed by atoms with Crippen LogP contribution in [0.5, 0.6) is 11.5 Å². The van der Waals surface area contributed by atoms with Gasteiger partial charge in [-0.1, -0.05) is 68.0 Å². The van der Waals surface area contributed by atoms with Crippen molar-refractivity contribution < 1.29 is 34.0 Å². The molecule has 0 unspecified atom stereocenters. The summed E-state index contributed by atoms with van der Waals surface area (Å²) in [5.74, 6) is -1.12. The third-order valence-corrected chi connectivity index (χ3v) is 9.92. The fraction of sp³-hybridized carbons (Fsp3) is 0.500. The number of aliphatic hydroxyl groups excluding tert-OH is 1. The first-order valence-electron chi connectivity index (χ1n) is 15.2. The highest BCUT2D eigenvalue weighted by Gasteiger charge is 2.58. The summed E-state index contributed by atoms with van der Waals surface area (Å²) in [6, 6.07) is 3.74. The number of thioether (sulfide) groups is 1. The molecule has 4 rings (SSSR count). The van der Waals surface area contributed by atoms with Gasteiger partial charge in [0.1, 0.15) is 35.8 Å². The minimum absolute atomic E-state index is 0.0175. The van der Waals surface area contributed by atoms with Crippen LogP contribution in [0.2, 0.25) is 0 Å². The number of fused-ring (bicyclic) bond motifs is 1. The highest BCUT2D eigenvalue weighted by atomic mass is 32.2. The number of nitrogens with zero attached hydrogens (tertiary/aromatic N) is 1. The van der Waals surface area contributed by atoms with E-state index >= 15 is 0 Å². The Morgan fingerprint density at radius 2 is 2.05 bits per heavy atom. The second kappa shape index (κ2) is 14.8. The van der Waals surface area contributed by atoms with Gasteiger partial charge >= 0.3 is 11.2 Å². The number of allylic oxidation sites excluding steroid dienone is 3. The topological polar surface area (TPSA) is 106 Å². The number of thiocarbonyl (C=S) groups is 1. The van der Waals surface area contributed by atoms with Crippen molar-refractivity contribution in [1.29, 1.82) is 0 Å². The Balaban J connectivity index is 1.60. The molecular formula is C34H43NO7S2. The number of amides is 1. The number of rotatable bonds is 13. The SMILES string of the molecule is C=CCOC(=O)C1=C(COC(=S)Oc2cc(CCCCC)cc(O)c2[C@@H]2C=C(C)CC[C@H]2C(=C)C)S[C@@H]2[C@@H]([C@@H](C)O)C(=O)N12. The third kappa shape index (κ3) is 7.24. The van der Waals surface area contributed by atoms with Crippen LogP contribution in [0.3, 0.4) is 0 Å². The molecule has 8 nitrogen and oxygen atoms in total.